The van der Waals surface area contributed by atoms with E-state index in [0.717, 1.165) is 64.5 Å². The van der Waals surface area contributed by atoms with Gasteiger partial charge in [-0.3, -0.25) is 4.79 Å². The van der Waals surface area contributed by atoms with Crippen molar-refractivity contribution in [3.8, 4) is 0 Å². The minimum atomic E-state index is -0.397. The summed E-state index contributed by atoms with van der Waals surface area (Å²) >= 11 is 6.01. The van der Waals surface area contributed by atoms with Crippen LogP contribution in [-0.2, 0) is 17.9 Å². The average Bonchev–Trinajstić information content (AvgIpc) is 3.96. The molecule has 0 unspecified atom stereocenters. The highest BCUT2D eigenvalue weighted by atomic mass is 35.5. The Balaban J connectivity index is 0.000000214. The lowest BCUT2D eigenvalue weighted by atomic mass is 10.1. The predicted octanol–water partition coefficient (Wildman–Crippen LogP) is 9.56. The van der Waals surface area contributed by atoms with Gasteiger partial charge in [0, 0.05) is 43.1 Å². The predicted molar refractivity (Wildman–Crippen MR) is 229 cm³/mol. The van der Waals surface area contributed by atoms with Crippen LogP contribution in [0.15, 0.2) is 97.1 Å². The topological polar surface area (TPSA) is 116 Å². The highest BCUT2D eigenvalue weighted by molar-refractivity contribution is 6.30. The molecule has 2 atom stereocenters. The summed E-state index contributed by atoms with van der Waals surface area (Å²) in [5.41, 5.74) is 7.24. The minimum absolute atomic E-state index is 0. The van der Waals surface area contributed by atoms with Crippen molar-refractivity contribution in [3.05, 3.63) is 142 Å². The van der Waals surface area contributed by atoms with Crippen molar-refractivity contribution in [2.24, 2.45) is 0 Å². The standard InChI is InChI=1S/C22H24ClN5O.C22H27N3O2.CH4/c1-15-5-11-19(12-6-15)24-22(29)27-13-3-4-20(27)21-26-25-16(2)28(21)14-17-7-9-18(23)10-8-17;1-16-6-10-18(11-7-16)15-24(3)21(26)20-5-4-14-25(20)22(27)23-19-12-8-17(2)9-13-19;/h5-12,20H,3-4,13-14H2,1-2H3,(H,24,29);6-13,20H,4-5,14-15H2,1-3H3,(H,23,27);1H4/t2*20-;/m11./s1. The van der Waals surface area contributed by atoms with Crippen LogP contribution < -0.4 is 10.6 Å². The van der Waals surface area contributed by atoms with E-state index in [1.807, 2.05) is 130 Å². The summed E-state index contributed by atoms with van der Waals surface area (Å²) in [5, 5.41) is 15.3. The van der Waals surface area contributed by atoms with Crippen LogP contribution in [0.2, 0.25) is 5.02 Å². The maximum absolute atomic E-state index is 12.9. The lowest BCUT2D eigenvalue weighted by Crippen LogP contribution is -2.47. The van der Waals surface area contributed by atoms with E-state index in [9.17, 15) is 14.4 Å². The summed E-state index contributed by atoms with van der Waals surface area (Å²) < 4.78 is 2.09. The van der Waals surface area contributed by atoms with E-state index in [2.05, 4.69) is 25.4 Å². The maximum atomic E-state index is 12.9. The van der Waals surface area contributed by atoms with Gasteiger partial charge in [-0.2, -0.15) is 0 Å². The number of benzene rings is 4. The fourth-order valence-corrected chi connectivity index (χ4v) is 7.25. The number of likely N-dealkylation sites (tertiary alicyclic amines) is 2. The monoisotopic (exact) mass is 790 g/mol. The number of aryl methyl sites for hydroxylation is 4. The molecule has 57 heavy (non-hydrogen) atoms. The highest BCUT2D eigenvalue weighted by Gasteiger charge is 2.36. The summed E-state index contributed by atoms with van der Waals surface area (Å²) in [7, 11) is 1.80. The smallest absolute Gasteiger partial charge is 0.322 e. The second-order valence-electron chi connectivity index (χ2n) is 14.8. The molecule has 2 N–H and O–H groups in total. The zero-order valence-corrected chi connectivity index (χ0v) is 33.6. The number of carbonyl (C=O) groups excluding carboxylic acids is 3. The molecule has 12 heteroatoms. The van der Waals surface area contributed by atoms with E-state index < -0.39 is 6.04 Å². The van der Waals surface area contributed by atoms with Gasteiger partial charge in [-0.15, -0.1) is 10.2 Å². The average molecular weight is 791 g/mol. The summed E-state index contributed by atoms with van der Waals surface area (Å²) in [6.45, 7) is 10.5. The number of amides is 5. The van der Waals surface area contributed by atoms with Crippen LogP contribution in [0.25, 0.3) is 0 Å². The second kappa shape index (κ2) is 19.5. The number of carbonyl (C=O) groups is 3. The van der Waals surface area contributed by atoms with Gasteiger partial charge in [0.25, 0.3) is 0 Å². The summed E-state index contributed by atoms with van der Waals surface area (Å²) in [4.78, 5) is 43.8. The number of rotatable bonds is 8. The molecule has 0 spiro atoms. The molecule has 7 rings (SSSR count). The van der Waals surface area contributed by atoms with Crippen molar-refractivity contribution in [2.45, 2.75) is 86.0 Å². The Labute approximate surface area is 342 Å². The molecule has 0 saturated carbocycles. The van der Waals surface area contributed by atoms with Crippen LogP contribution >= 0.6 is 11.6 Å². The lowest BCUT2D eigenvalue weighted by Gasteiger charge is -2.28. The van der Waals surface area contributed by atoms with Crippen molar-refractivity contribution < 1.29 is 14.4 Å². The van der Waals surface area contributed by atoms with Crippen molar-refractivity contribution in [1.29, 1.82) is 0 Å². The number of aromatic nitrogens is 3. The van der Waals surface area contributed by atoms with Crippen LogP contribution in [0.1, 0.15) is 78.6 Å². The molecular weight excluding hydrogens is 736 g/mol. The van der Waals surface area contributed by atoms with Crippen molar-refractivity contribution in [3.63, 3.8) is 0 Å². The molecule has 0 bridgehead atoms. The molecule has 2 saturated heterocycles. The van der Waals surface area contributed by atoms with Crippen molar-refractivity contribution in [1.82, 2.24) is 29.5 Å². The van der Waals surface area contributed by atoms with Gasteiger partial charge < -0.3 is 29.9 Å². The third-order valence-corrected chi connectivity index (χ3v) is 10.6. The van der Waals surface area contributed by atoms with E-state index >= 15 is 0 Å². The van der Waals surface area contributed by atoms with Crippen molar-refractivity contribution >= 4 is 40.9 Å². The molecule has 5 aromatic rings. The van der Waals surface area contributed by atoms with E-state index in [4.69, 9.17) is 11.6 Å². The first-order valence-electron chi connectivity index (χ1n) is 19.2. The molecule has 4 aromatic carbocycles. The molecule has 2 fully saturated rings. The molecule has 1 aromatic heterocycles. The Morgan fingerprint density at radius 3 is 1.75 bits per heavy atom. The van der Waals surface area contributed by atoms with E-state index in [0.29, 0.717) is 37.6 Å². The molecule has 11 nitrogen and oxygen atoms in total. The highest BCUT2D eigenvalue weighted by Crippen LogP contribution is 2.32. The van der Waals surface area contributed by atoms with Gasteiger partial charge in [-0.25, -0.2) is 9.59 Å². The second-order valence-corrected chi connectivity index (χ2v) is 15.2. The van der Waals surface area contributed by atoms with Gasteiger partial charge in [-0.05, 0) is 101 Å². The van der Waals surface area contributed by atoms with Gasteiger partial charge in [0.1, 0.15) is 11.9 Å². The Hall–Kier alpha value is -5.68. The zero-order chi connectivity index (χ0) is 39.8. The molecule has 300 valence electrons. The largest absolute Gasteiger partial charge is 0.340 e. The third kappa shape index (κ3) is 11.0. The quantitative estimate of drug-likeness (QED) is 0.163. The maximum Gasteiger partial charge on any atom is 0.322 e. The SMILES string of the molecule is C.Cc1ccc(CN(C)C(=O)[C@H]2CCCN2C(=O)Nc2ccc(C)cc2)cc1.Cc1ccc(NC(=O)N2CCC[C@@H]2c2nnc(C)n2Cc2ccc(Cl)cc2)cc1. The van der Waals surface area contributed by atoms with Crippen LogP contribution in [0.4, 0.5) is 21.0 Å². The minimum Gasteiger partial charge on any atom is -0.340 e. The molecule has 2 aliphatic heterocycles. The molecule has 0 aliphatic carbocycles. The number of anilines is 2. The number of nitrogens with zero attached hydrogens (tertiary/aromatic N) is 6. The Kier molecular flexibility index (Phi) is 14.5. The molecule has 5 amide bonds. The lowest BCUT2D eigenvalue weighted by molar-refractivity contribution is -0.134. The number of hydrogen-bond donors (Lipinski definition) is 2. The first kappa shape index (κ1) is 42.5. The summed E-state index contributed by atoms with van der Waals surface area (Å²) in [5.74, 6) is 1.65. The van der Waals surface area contributed by atoms with Gasteiger partial charge in [0.2, 0.25) is 5.91 Å². The van der Waals surface area contributed by atoms with Crippen LogP contribution in [0, 0.1) is 27.7 Å². The van der Waals surface area contributed by atoms with E-state index in [1.54, 1.807) is 16.8 Å². The summed E-state index contributed by atoms with van der Waals surface area (Å²) in [6.07, 6.45) is 3.37. The molecule has 2 aliphatic rings. The normalized spacial score (nSPS) is 16.0. The Bertz CT molecular complexity index is 2100. The third-order valence-electron chi connectivity index (χ3n) is 10.4. The Morgan fingerprint density at radius 1 is 0.684 bits per heavy atom. The fraction of sp³-hybridized carbons (Fsp3) is 0.356. The molecule has 0 radical (unpaired) electrons. The fourth-order valence-electron chi connectivity index (χ4n) is 7.12. The van der Waals surface area contributed by atoms with Gasteiger partial charge in [0.05, 0.1) is 12.6 Å². The van der Waals surface area contributed by atoms with Crippen molar-refractivity contribution in [2.75, 3.05) is 30.8 Å². The number of likely N-dealkylation sites (N-methyl/N-ethyl adjacent to an activating group) is 1. The van der Waals surface area contributed by atoms with Crippen LogP contribution in [0.5, 0.6) is 0 Å². The van der Waals surface area contributed by atoms with Crippen LogP contribution in [0.3, 0.4) is 0 Å². The van der Waals surface area contributed by atoms with Gasteiger partial charge >= 0.3 is 12.1 Å². The van der Waals surface area contributed by atoms with E-state index in [1.165, 1.54) is 5.56 Å². The molecule has 3 heterocycles. The number of hydrogen-bond acceptors (Lipinski definition) is 5. The van der Waals surface area contributed by atoms with E-state index in [-0.39, 0.29) is 31.4 Å². The van der Waals surface area contributed by atoms with Crippen LogP contribution in [-0.4, -0.2) is 73.6 Å². The Morgan fingerprint density at radius 2 is 1.18 bits per heavy atom. The number of urea groups is 2. The first-order chi connectivity index (χ1) is 26.9. The first-order valence-corrected chi connectivity index (χ1v) is 19.6. The van der Waals surface area contributed by atoms with Gasteiger partial charge in [0.15, 0.2) is 5.82 Å². The summed E-state index contributed by atoms with van der Waals surface area (Å²) in [6, 6.07) is 30.6. The molecular formula is C45H55ClN8O3. The van der Waals surface area contributed by atoms with Gasteiger partial charge in [-0.1, -0.05) is 96.4 Å². The zero-order valence-electron chi connectivity index (χ0n) is 32.8. The number of nitrogens with one attached hydrogen (secondary N) is 2. The number of halogens is 1.